The Labute approximate surface area is 223 Å². The van der Waals surface area contributed by atoms with Crippen molar-refractivity contribution in [3.63, 3.8) is 0 Å². The minimum Gasteiger partial charge on any atom is -0.497 e. The second-order valence-corrected chi connectivity index (χ2v) is 10.0. The third-order valence-electron chi connectivity index (χ3n) is 7.57. The lowest BCUT2D eigenvalue weighted by molar-refractivity contribution is -0.134. The van der Waals surface area contributed by atoms with Gasteiger partial charge in [0, 0.05) is 12.0 Å². The van der Waals surface area contributed by atoms with Crippen LogP contribution in [0.15, 0.2) is 77.9 Å². The summed E-state index contributed by atoms with van der Waals surface area (Å²) in [6.45, 7) is 2.08. The Morgan fingerprint density at radius 3 is 2.39 bits per heavy atom. The van der Waals surface area contributed by atoms with E-state index in [-0.39, 0.29) is 17.8 Å². The molecule has 1 fully saturated rings. The van der Waals surface area contributed by atoms with E-state index in [4.69, 9.17) is 14.6 Å². The Kier molecular flexibility index (Phi) is 8.03. The molecule has 198 valence electrons. The molecule has 0 aromatic heterocycles. The maximum absolute atomic E-state index is 13.7. The standard InChI is InChI=1S/C31H34FN3O3/c1-37-26-12-13-30(38-2)27(19-26)29-20-28(24-8-10-25(32)11-9-24)33-35(29)31(36)21-34-16-14-23(15-17-34)18-22-6-4-3-5-7-22/h3-13,19,23,29H,14-18,20-21H2,1-2H3/t29-/m0/s1. The molecule has 0 saturated carbocycles. The molecule has 1 saturated heterocycles. The molecule has 2 aliphatic rings. The highest BCUT2D eigenvalue weighted by Crippen LogP contribution is 2.39. The first-order valence-corrected chi connectivity index (χ1v) is 13.2. The van der Waals surface area contributed by atoms with Crippen molar-refractivity contribution in [3.05, 3.63) is 95.3 Å². The summed E-state index contributed by atoms with van der Waals surface area (Å²) in [5, 5.41) is 6.36. The summed E-state index contributed by atoms with van der Waals surface area (Å²) in [7, 11) is 3.23. The molecule has 1 atom stereocenters. The molecular weight excluding hydrogens is 481 g/mol. The zero-order valence-corrected chi connectivity index (χ0v) is 22.0. The number of methoxy groups -OCH3 is 2. The van der Waals surface area contributed by atoms with E-state index in [1.807, 2.05) is 18.2 Å². The van der Waals surface area contributed by atoms with Crippen LogP contribution < -0.4 is 9.47 Å². The number of ether oxygens (including phenoxy) is 2. The van der Waals surface area contributed by atoms with E-state index in [0.29, 0.717) is 30.4 Å². The van der Waals surface area contributed by atoms with E-state index in [1.165, 1.54) is 17.7 Å². The number of nitrogens with zero attached hydrogens (tertiary/aromatic N) is 3. The van der Waals surface area contributed by atoms with Crippen LogP contribution in [-0.2, 0) is 11.2 Å². The van der Waals surface area contributed by atoms with Crippen LogP contribution in [0, 0.1) is 11.7 Å². The number of carbonyl (C=O) groups is 1. The zero-order chi connectivity index (χ0) is 26.5. The molecule has 3 aromatic carbocycles. The Bertz CT molecular complexity index is 1270. The van der Waals surface area contributed by atoms with Crippen LogP contribution in [-0.4, -0.2) is 55.4 Å². The van der Waals surface area contributed by atoms with Gasteiger partial charge >= 0.3 is 0 Å². The number of likely N-dealkylation sites (tertiary alicyclic amines) is 1. The number of hydrazone groups is 1. The van der Waals surface area contributed by atoms with E-state index in [2.05, 4.69) is 35.2 Å². The molecule has 0 spiro atoms. The average molecular weight is 516 g/mol. The highest BCUT2D eigenvalue weighted by Gasteiger charge is 2.36. The fraction of sp³-hybridized carbons (Fsp3) is 0.355. The molecule has 2 heterocycles. The highest BCUT2D eigenvalue weighted by molar-refractivity contribution is 6.03. The second kappa shape index (κ2) is 11.8. The fourth-order valence-electron chi connectivity index (χ4n) is 5.46. The molecule has 0 unspecified atom stereocenters. The van der Waals surface area contributed by atoms with Crippen LogP contribution in [0.3, 0.4) is 0 Å². The monoisotopic (exact) mass is 515 g/mol. The summed E-state index contributed by atoms with van der Waals surface area (Å²) in [5.41, 5.74) is 3.75. The van der Waals surface area contributed by atoms with Gasteiger partial charge in [0.25, 0.3) is 5.91 Å². The van der Waals surface area contributed by atoms with Gasteiger partial charge in [-0.25, -0.2) is 9.40 Å². The number of carbonyl (C=O) groups excluding carboxylic acids is 1. The first-order chi connectivity index (χ1) is 18.5. The molecule has 6 nitrogen and oxygen atoms in total. The highest BCUT2D eigenvalue weighted by atomic mass is 19.1. The van der Waals surface area contributed by atoms with Crippen molar-refractivity contribution < 1.29 is 18.7 Å². The van der Waals surface area contributed by atoms with E-state index in [1.54, 1.807) is 31.4 Å². The third-order valence-corrected chi connectivity index (χ3v) is 7.57. The van der Waals surface area contributed by atoms with Crippen molar-refractivity contribution in [3.8, 4) is 11.5 Å². The van der Waals surface area contributed by atoms with E-state index >= 15 is 0 Å². The molecule has 38 heavy (non-hydrogen) atoms. The summed E-state index contributed by atoms with van der Waals surface area (Å²) in [6, 6.07) is 22.1. The van der Waals surface area contributed by atoms with Gasteiger partial charge in [0.1, 0.15) is 17.3 Å². The van der Waals surface area contributed by atoms with Gasteiger partial charge in [-0.2, -0.15) is 5.10 Å². The molecular formula is C31H34FN3O3. The number of benzene rings is 3. The van der Waals surface area contributed by atoms with Crippen LogP contribution in [0.2, 0.25) is 0 Å². The molecule has 0 aliphatic carbocycles. The molecule has 2 aliphatic heterocycles. The minimum absolute atomic E-state index is 0.0569. The van der Waals surface area contributed by atoms with Gasteiger partial charge in [0.2, 0.25) is 0 Å². The quantitative estimate of drug-likeness (QED) is 0.399. The van der Waals surface area contributed by atoms with Gasteiger partial charge in [-0.15, -0.1) is 0 Å². The van der Waals surface area contributed by atoms with Gasteiger partial charge in [-0.3, -0.25) is 9.69 Å². The summed E-state index contributed by atoms with van der Waals surface area (Å²) in [5.74, 6) is 1.63. The van der Waals surface area contributed by atoms with Gasteiger partial charge < -0.3 is 9.47 Å². The molecule has 0 bridgehead atoms. The van der Waals surface area contributed by atoms with Crippen molar-refractivity contribution >= 4 is 11.6 Å². The van der Waals surface area contributed by atoms with Crippen molar-refractivity contribution in [2.75, 3.05) is 33.9 Å². The van der Waals surface area contributed by atoms with Crippen LogP contribution in [0.1, 0.15) is 42.0 Å². The molecule has 0 radical (unpaired) electrons. The van der Waals surface area contributed by atoms with Gasteiger partial charge in [0.15, 0.2) is 0 Å². The lowest BCUT2D eigenvalue weighted by Crippen LogP contribution is -2.42. The maximum atomic E-state index is 13.7. The van der Waals surface area contributed by atoms with Crippen LogP contribution in [0.25, 0.3) is 0 Å². The molecule has 0 N–H and O–H groups in total. The lowest BCUT2D eigenvalue weighted by Gasteiger charge is -2.33. The number of amides is 1. The number of hydrogen-bond donors (Lipinski definition) is 0. The second-order valence-electron chi connectivity index (χ2n) is 10.0. The van der Waals surface area contributed by atoms with Gasteiger partial charge in [0.05, 0.1) is 32.5 Å². The smallest absolute Gasteiger partial charge is 0.257 e. The van der Waals surface area contributed by atoms with Gasteiger partial charge in [-0.05, 0) is 79.7 Å². The van der Waals surface area contributed by atoms with Crippen molar-refractivity contribution in [2.45, 2.75) is 31.7 Å². The first-order valence-electron chi connectivity index (χ1n) is 13.2. The summed E-state index contributed by atoms with van der Waals surface area (Å²) < 4.78 is 24.7. The van der Waals surface area contributed by atoms with E-state index < -0.39 is 0 Å². The first kappa shape index (κ1) is 25.9. The topological polar surface area (TPSA) is 54.4 Å². The number of rotatable bonds is 8. The number of hydrogen-bond acceptors (Lipinski definition) is 5. The average Bonchev–Trinajstić information content (AvgIpc) is 3.40. The Morgan fingerprint density at radius 1 is 0.974 bits per heavy atom. The minimum atomic E-state index is -0.344. The summed E-state index contributed by atoms with van der Waals surface area (Å²) in [6.07, 6.45) is 3.72. The maximum Gasteiger partial charge on any atom is 0.257 e. The molecule has 5 rings (SSSR count). The molecule has 3 aromatic rings. The number of piperidine rings is 1. The third kappa shape index (κ3) is 5.89. The van der Waals surface area contributed by atoms with Crippen molar-refractivity contribution in [1.82, 2.24) is 9.91 Å². The Morgan fingerprint density at radius 2 is 1.71 bits per heavy atom. The fourth-order valence-corrected chi connectivity index (χ4v) is 5.46. The zero-order valence-electron chi connectivity index (χ0n) is 22.0. The predicted molar refractivity (Wildman–Crippen MR) is 146 cm³/mol. The Balaban J connectivity index is 1.32. The lowest BCUT2D eigenvalue weighted by atomic mass is 9.90. The molecule has 7 heteroatoms. The van der Waals surface area contributed by atoms with Crippen LogP contribution in [0.4, 0.5) is 4.39 Å². The Hall–Kier alpha value is -3.71. The molecule has 1 amide bonds. The SMILES string of the molecule is COc1ccc(OC)c([C@@H]2CC(c3ccc(F)cc3)=NN2C(=O)CN2CCC(Cc3ccccc3)CC2)c1. The van der Waals surface area contributed by atoms with Gasteiger partial charge in [-0.1, -0.05) is 42.5 Å². The largest absolute Gasteiger partial charge is 0.497 e. The van der Waals surface area contributed by atoms with E-state index in [0.717, 1.165) is 49.2 Å². The summed E-state index contributed by atoms with van der Waals surface area (Å²) in [4.78, 5) is 15.9. The van der Waals surface area contributed by atoms with Crippen LogP contribution in [0.5, 0.6) is 11.5 Å². The summed E-state index contributed by atoms with van der Waals surface area (Å²) >= 11 is 0. The normalized spacial score (nSPS) is 18.3. The predicted octanol–water partition coefficient (Wildman–Crippen LogP) is 5.48. The van der Waals surface area contributed by atoms with E-state index in [9.17, 15) is 9.18 Å². The van der Waals surface area contributed by atoms with Crippen molar-refractivity contribution in [2.24, 2.45) is 11.0 Å². The van der Waals surface area contributed by atoms with Crippen LogP contribution >= 0.6 is 0 Å². The van der Waals surface area contributed by atoms with Crippen molar-refractivity contribution in [1.29, 1.82) is 0 Å². The number of halogens is 1.